The van der Waals surface area contributed by atoms with Crippen LogP contribution in [0.5, 0.6) is 0 Å². The largest absolute Gasteiger partial charge is 0.452 e. The zero-order valence-electron chi connectivity index (χ0n) is 15.2. The Morgan fingerprint density at radius 1 is 1.14 bits per heavy atom. The molecule has 0 bridgehead atoms. The van der Waals surface area contributed by atoms with Gasteiger partial charge < -0.3 is 10.1 Å². The lowest BCUT2D eigenvalue weighted by Crippen LogP contribution is -2.34. The predicted octanol–water partition coefficient (Wildman–Crippen LogP) is 2.62. The van der Waals surface area contributed by atoms with Crippen molar-refractivity contribution in [2.45, 2.75) is 25.3 Å². The van der Waals surface area contributed by atoms with E-state index in [1.54, 1.807) is 35.3 Å². The first-order chi connectivity index (χ1) is 13.7. The summed E-state index contributed by atoms with van der Waals surface area (Å²) >= 11 is 0. The number of nitrogens with zero attached hydrogens (tertiary/aromatic N) is 3. The van der Waals surface area contributed by atoms with Crippen LogP contribution in [0.4, 0.5) is 0 Å². The van der Waals surface area contributed by atoms with E-state index in [2.05, 4.69) is 21.5 Å². The summed E-state index contributed by atoms with van der Waals surface area (Å²) < 4.78 is 6.75. The molecule has 0 saturated carbocycles. The Morgan fingerprint density at radius 2 is 1.96 bits per heavy atom. The lowest BCUT2D eigenvalue weighted by molar-refractivity contribution is -0.125. The molecule has 28 heavy (non-hydrogen) atoms. The van der Waals surface area contributed by atoms with E-state index < -0.39 is 5.97 Å². The number of carbonyl (C=O) groups is 2. The third-order valence-electron chi connectivity index (χ3n) is 4.83. The van der Waals surface area contributed by atoms with Gasteiger partial charge >= 0.3 is 5.97 Å². The zero-order valence-corrected chi connectivity index (χ0v) is 15.2. The van der Waals surface area contributed by atoms with Crippen LogP contribution < -0.4 is 5.32 Å². The molecular formula is C21H20N4O3. The molecule has 7 nitrogen and oxygen atoms in total. The lowest BCUT2D eigenvalue weighted by atomic mass is 9.88. The first kappa shape index (κ1) is 17.9. The number of hydrogen-bond acceptors (Lipinski definition) is 5. The maximum Gasteiger partial charge on any atom is 0.338 e. The van der Waals surface area contributed by atoms with Crippen LogP contribution >= 0.6 is 0 Å². The minimum Gasteiger partial charge on any atom is -0.452 e. The molecule has 1 atom stereocenters. The summed E-state index contributed by atoms with van der Waals surface area (Å²) in [6.45, 7) is -0.303. The van der Waals surface area contributed by atoms with E-state index in [4.69, 9.17) is 4.74 Å². The minimum atomic E-state index is -0.538. The number of nitrogens with one attached hydrogen (secondary N) is 1. The van der Waals surface area contributed by atoms with Crippen molar-refractivity contribution < 1.29 is 14.3 Å². The minimum absolute atomic E-state index is 0.0295. The number of hydrogen-bond donors (Lipinski definition) is 1. The highest BCUT2D eigenvalue weighted by atomic mass is 16.5. The first-order valence-electron chi connectivity index (χ1n) is 9.20. The predicted molar refractivity (Wildman–Crippen MR) is 102 cm³/mol. The summed E-state index contributed by atoms with van der Waals surface area (Å²) in [4.78, 5) is 28.3. The monoisotopic (exact) mass is 376 g/mol. The third kappa shape index (κ3) is 3.93. The van der Waals surface area contributed by atoms with Crippen molar-refractivity contribution in [3.8, 4) is 5.69 Å². The van der Waals surface area contributed by atoms with Gasteiger partial charge in [0.2, 0.25) is 0 Å². The molecule has 7 heteroatoms. The van der Waals surface area contributed by atoms with Crippen molar-refractivity contribution in [3.05, 3.63) is 77.9 Å². The smallest absolute Gasteiger partial charge is 0.338 e. The number of benzene rings is 2. The van der Waals surface area contributed by atoms with E-state index in [-0.39, 0.29) is 18.6 Å². The molecule has 4 rings (SSSR count). The van der Waals surface area contributed by atoms with Gasteiger partial charge in [0.05, 0.1) is 17.3 Å². The van der Waals surface area contributed by atoms with E-state index >= 15 is 0 Å². The summed E-state index contributed by atoms with van der Waals surface area (Å²) in [5.41, 5.74) is 3.57. The van der Waals surface area contributed by atoms with Gasteiger partial charge in [0.1, 0.15) is 12.7 Å². The summed E-state index contributed by atoms with van der Waals surface area (Å²) in [5.74, 6) is -0.835. The van der Waals surface area contributed by atoms with Crippen LogP contribution in [0.15, 0.2) is 61.2 Å². The molecule has 1 unspecified atom stereocenters. The normalized spacial score (nSPS) is 15.5. The average molecular weight is 376 g/mol. The highest BCUT2D eigenvalue weighted by Gasteiger charge is 2.21. The number of ether oxygens (including phenoxy) is 1. The van der Waals surface area contributed by atoms with E-state index in [0.29, 0.717) is 5.56 Å². The summed E-state index contributed by atoms with van der Waals surface area (Å²) in [6, 6.07) is 14.8. The first-order valence-corrected chi connectivity index (χ1v) is 9.20. The van der Waals surface area contributed by atoms with E-state index in [9.17, 15) is 9.59 Å². The van der Waals surface area contributed by atoms with Gasteiger partial charge in [0, 0.05) is 0 Å². The van der Waals surface area contributed by atoms with E-state index in [1.165, 1.54) is 11.9 Å². The highest BCUT2D eigenvalue weighted by molar-refractivity contribution is 5.91. The Labute approximate surface area is 162 Å². The second kappa shape index (κ2) is 8.04. The molecule has 0 saturated heterocycles. The molecule has 1 aliphatic carbocycles. The summed E-state index contributed by atoms with van der Waals surface area (Å²) in [6.07, 6.45) is 5.95. The SMILES string of the molecule is O=C(COC(=O)c1ccc(-n2cncn2)cc1)NC1CCCc2ccccc21. The van der Waals surface area contributed by atoms with Gasteiger partial charge in [-0.2, -0.15) is 5.10 Å². The molecule has 0 aliphatic heterocycles. The van der Waals surface area contributed by atoms with Crippen LogP contribution in [0.3, 0.4) is 0 Å². The molecule has 1 aromatic heterocycles. The van der Waals surface area contributed by atoms with E-state index in [1.807, 2.05) is 18.2 Å². The molecule has 0 fully saturated rings. The quantitative estimate of drug-likeness (QED) is 0.692. The van der Waals surface area contributed by atoms with Crippen LogP contribution in [-0.2, 0) is 16.0 Å². The Bertz CT molecular complexity index is 968. The maximum absolute atomic E-state index is 12.3. The van der Waals surface area contributed by atoms with Gasteiger partial charge in [-0.15, -0.1) is 0 Å². The van der Waals surface area contributed by atoms with Crippen molar-refractivity contribution >= 4 is 11.9 Å². The fourth-order valence-electron chi connectivity index (χ4n) is 3.45. The van der Waals surface area contributed by atoms with Gasteiger partial charge in [-0.25, -0.2) is 14.5 Å². The number of aryl methyl sites for hydroxylation is 1. The molecule has 0 radical (unpaired) electrons. The third-order valence-corrected chi connectivity index (χ3v) is 4.83. The van der Waals surface area contributed by atoms with Crippen molar-refractivity contribution in [3.63, 3.8) is 0 Å². The second-order valence-electron chi connectivity index (χ2n) is 6.67. The van der Waals surface area contributed by atoms with Gasteiger partial charge in [0.25, 0.3) is 5.91 Å². The summed E-state index contributed by atoms with van der Waals surface area (Å²) in [7, 11) is 0. The average Bonchev–Trinajstić information content (AvgIpc) is 3.27. The van der Waals surface area contributed by atoms with Gasteiger partial charge in [0.15, 0.2) is 6.61 Å². The Hall–Kier alpha value is -3.48. The van der Waals surface area contributed by atoms with Crippen LogP contribution in [-0.4, -0.2) is 33.2 Å². The molecule has 142 valence electrons. The number of aromatic nitrogens is 3. The van der Waals surface area contributed by atoms with Gasteiger partial charge in [-0.05, 0) is 54.7 Å². The van der Waals surface area contributed by atoms with E-state index in [0.717, 1.165) is 30.5 Å². The molecule has 1 N–H and O–H groups in total. The van der Waals surface area contributed by atoms with Crippen LogP contribution in [0.2, 0.25) is 0 Å². The number of esters is 1. The molecule has 1 heterocycles. The molecule has 0 spiro atoms. The number of carbonyl (C=O) groups excluding carboxylic acids is 2. The number of rotatable bonds is 5. The van der Waals surface area contributed by atoms with Gasteiger partial charge in [-0.3, -0.25) is 4.79 Å². The lowest BCUT2D eigenvalue weighted by Gasteiger charge is -2.26. The van der Waals surface area contributed by atoms with Crippen molar-refractivity contribution in [1.29, 1.82) is 0 Å². The number of fused-ring (bicyclic) bond motifs is 1. The maximum atomic E-state index is 12.3. The molecule has 1 amide bonds. The van der Waals surface area contributed by atoms with Crippen LogP contribution in [0.1, 0.15) is 40.4 Å². The van der Waals surface area contributed by atoms with Crippen LogP contribution in [0, 0.1) is 0 Å². The Balaban J connectivity index is 1.32. The van der Waals surface area contributed by atoms with Crippen molar-refractivity contribution in [2.24, 2.45) is 0 Å². The fraction of sp³-hybridized carbons (Fsp3) is 0.238. The van der Waals surface area contributed by atoms with Crippen molar-refractivity contribution in [2.75, 3.05) is 6.61 Å². The molecule has 1 aliphatic rings. The highest BCUT2D eigenvalue weighted by Crippen LogP contribution is 2.29. The molecule has 3 aromatic rings. The summed E-state index contributed by atoms with van der Waals surface area (Å²) in [5, 5.41) is 7.00. The fourth-order valence-corrected chi connectivity index (χ4v) is 3.45. The number of amides is 1. The van der Waals surface area contributed by atoms with Crippen LogP contribution in [0.25, 0.3) is 5.69 Å². The molecular weight excluding hydrogens is 356 g/mol. The topological polar surface area (TPSA) is 86.1 Å². The Morgan fingerprint density at radius 3 is 2.75 bits per heavy atom. The van der Waals surface area contributed by atoms with Gasteiger partial charge in [-0.1, -0.05) is 24.3 Å². The standard InChI is InChI=1S/C21H20N4O3/c26-20(24-19-7-3-5-15-4-1-2-6-18(15)19)12-28-21(27)16-8-10-17(11-9-16)25-14-22-13-23-25/h1-2,4,6,8-11,13-14,19H,3,5,7,12H2,(H,24,26). The Kier molecular flexibility index (Phi) is 5.14. The van der Waals surface area contributed by atoms with Crippen molar-refractivity contribution in [1.82, 2.24) is 20.1 Å². The second-order valence-corrected chi connectivity index (χ2v) is 6.67. The molecule has 2 aromatic carbocycles. The zero-order chi connectivity index (χ0) is 19.3.